The van der Waals surface area contributed by atoms with Crippen molar-refractivity contribution in [3.63, 3.8) is 0 Å². The van der Waals surface area contributed by atoms with Crippen molar-refractivity contribution in [2.24, 2.45) is 0 Å². The highest BCUT2D eigenvalue weighted by Crippen LogP contribution is 2.26. The summed E-state index contributed by atoms with van der Waals surface area (Å²) in [4.78, 5) is 12.3. The van der Waals surface area contributed by atoms with Crippen LogP contribution in [0.25, 0.3) is 0 Å². The van der Waals surface area contributed by atoms with Crippen LogP contribution in [0, 0.1) is 5.82 Å². The van der Waals surface area contributed by atoms with Crippen LogP contribution >= 0.6 is 31.9 Å². The highest BCUT2D eigenvalue weighted by Gasteiger charge is 2.15. The number of carbonyl (C=O) groups is 1. The van der Waals surface area contributed by atoms with E-state index >= 15 is 0 Å². The summed E-state index contributed by atoms with van der Waals surface area (Å²) in [5.41, 5.74) is 1.08. The molecule has 0 aliphatic rings. The zero-order valence-corrected chi connectivity index (χ0v) is 13.8. The van der Waals surface area contributed by atoms with Gasteiger partial charge in [0.1, 0.15) is 11.6 Å². The van der Waals surface area contributed by atoms with Gasteiger partial charge in [0.05, 0.1) is 11.6 Å². The van der Waals surface area contributed by atoms with Gasteiger partial charge in [-0.25, -0.2) is 4.39 Å². The van der Waals surface area contributed by atoms with Crippen LogP contribution in [-0.4, -0.2) is 12.9 Å². The summed E-state index contributed by atoms with van der Waals surface area (Å²) in [5.74, 6) is 0.0129. The van der Waals surface area contributed by atoms with Crippen LogP contribution < -0.4 is 4.74 Å². The fraction of sp³-hybridized carbons (Fsp3) is 0.133. The molecule has 0 atom stereocenters. The zero-order chi connectivity index (χ0) is 14.7. The van der Waals surface area contributed by atoms with E-state index in [0.717, 1.165) is 10.0 Å². The Morgan fingerprint density at radius 3 is 2.70 bits per heavy atom. The highest BCUT2D eigenvalue weighted by molar-refractivity contribution is 9.10. The lowest BCUT2D eigenvalue weighted by atomic mass is 10.0. The van der Waals surface area contributed by atoms with Crippen molar-refractivity contribution in [1.82, 2.24) is 0 Å². The van der Waals surface area contributed by atoms with Crippen molar-refractivity contribution in [3.8, 4) is 5.75 Å². The fourth-order valence-electron chi connectivity index (χ4n) is 1.87. The third-order valence-corrected chi connectivity index (χ3v) is 4.14. The van der Waals surface area contributed by atoms with Crippen molar-refractivity contribution in [2.75, 3.05) is 7.11 Å². The first kappa shape index (κ1) is 15.2. The quantitative estimate of drug-likeness (QED) is 0.688. The van der Waals surface area contributed by atoms with E-state index in [1.54, 1.807) is 19.2 Å². The molecule has 2 nitrogen and oxygen atoms in total. The van der Waals surface area contributed by atoms with Gasteiger partial charge in [-0.1, -0.05) is 28.1 Å². The Morgan fingerprint density at radius 2 is 2.00 bits per heavy atom. The largest absolute Gasteiger partial charge is 0.496 e. The fourth-order valence-corrected chi connectivity index (χ4v) is 2.77. The number of rotatable bonds is 4. The molecule has 2 rings (SSSR count). The van der Waals surface area contributed by atoms with E-state index in [9.17, 15) is 9.18 Å². The predicted octanol–water partition coefficient (Wildman–Crippen LogP) is 4.78. The predicted molar refractivity (Wildman–Crippen MR) is 82.8 cm³/mol. The maximum absolute atomic E-state index is 13.5. The second-order valence-corrected chi connectivity index (χ2v) is 5.87. The molecule has 0 aliphatic heterocycles. The first-order valence-corrected chi connectivity index (χ1v) is 7.41. The molecule has 0 amide bonds. The maximum Gasteiger partial charge on any atom is 0.168 e. The third-order valence-electron chi connectivity index (χ3n) is 2.85. The van der Waals surface area contributed by atoms with Gasteiger partial charge in [-0.05, 0) is 40.2 Å². The molecule has 0 unspecified atom stereocenters. The van der Waals surface area contributed by atoms with Crippen molar-refractivity contribution < 1.29 is 13.9 Å². The first-order valence-electron chi connectivity index (χ1n) is 5.82. The molecule has 2 aromatic carbocycles. The van der Waals surface area contributed by atoms with Gasteiger partial charge in [0, 0.05) is 22.0 Å². The first-order chi connectivity index (χ1) is 9.52. The van der Waals surface area contributed by atoms with Crippen LogP contribution in [0.5, 0.6) is 5.75 Å². The number of ketones is 1. The second kappa shape index (κ2) is 6.50. The Labute approximate surface area is 133 Å². The topological polar surface area (TPSA) is 26.3 Å². The average Bonchev–Trinajstić information content (AvgIpc) is 2.42. The normalized spacial score (nSPS) is 10.4. The molecular formula is C15H11Br2FO2. The van der Waals surface area contributed by atoms with E-state index in [2.05, 4.69) is 31.9 Å². The lowest BCUT2D eigenvalue weighted by Crippen LogP contribution is -2.06. The van der Waals surface area contributed by atoms with Gasteiger partial charge < -0.3 is 4.74 Å². The molecule has 0 bridgehead atoms. The van der Waals surface area contributed by atoms with E-state index in [0.29, 0.717) is 11.3 Å². The number of methoxy groups -OCH3 is 1. The number of halogens is 3. The minimum atomic E-state index is -0.447. The van der Waals surface area contributed by atoms with Gasteiger partial charge in [0.2, 0.25) is 0 Å². The number of Topliss-reactive ketones (excluding diaryl/α,β-unsaturated/α-hetero) is 1. The zero-order valence-electron chi connectivity index (χ0n) is 10.6. The summed E-state index contributed by atoms with van der Waals surface area (Å²) in [5, 5.41) is 0. The van der Waals surface area contributed by atoms with Gasteiger partial charge in [-0.15, -0.1) is 0 Å². The SMILES string of the molecule is COc1ccc(Br)cc1CC(=O)c1cccc(F)c1Br. The lowest BCUT2D eigenvalue weighted by Gasteiger charge is -2.09. The van der Waals surface area contributed by atoms with Gasteiger partial charge in [-0.3, -0.25) is 4.79 Å². The minimum Gasteiger partial charge on any atom is -0.496 e. The number of benzene rings is 2. The summed E-state index contributed by atoms with van der Waals surface area (Å²) in [6.07, 6.45) is 0.144. The molecule has 20 heavy (non-hydrogen) atoms. The molecule has 0 radical (unpaired) electrons. The van der Waals surface area contributed by atoms with Crippen LogP contribution in [-0.2, 0) is 6.42 Å². The molecule has 0 saturated carbocycles. The summed E-state index contributed by atoms with van der Waals surface area (Å²) < 4.78 is 19.7. The number of hydrogen-bond acceptors (Lipinski definition) is 2. The molecule has 2 aromatic rings. The highest BCUT2D eigenvalue weighted by atomic mass is 79.9. The molecule has 104 valence electrons. The lowest BCUT2D eigenvalue weighted by molar-refractivity contribution is 0.0991. The molecule has 0 fully saturated rings. The minimum absolute atomic E-state index is 0.144. The molecule has 0 aromatic heterocycles. The van der Waals surface area contributed by atoms with Gasteiger partial charge >= 0.3 is 0 Å². The molecular weight excluding hydrogens is 391 g/mol. The number of ether oxygens (including phenoxy) is 1. The van der Waals surface area contributed by atoms with Gasteiger partial charge in [0.15, 0.2) is 5.78 Å². The van der Waals surface area contributed by atoms with Crippen LogP contribution in [0.3, 0.4) is 0 Å². The summed E-state index contributed by atoms with van der Waals surface area (Å²) in [6.45, 7) is 0. The van der Waals surface area contributed by atoms with Crippen molar-refractivity contribution in [1.29, 1.82) is 0 Å². The Kier molecular flexibility index (Phi) is 4.94. The Hall–Kier alpha value is -1.20. The van der Waals surface area contributed by atoms with Crippen LogP contribution in [0.2, 0.25) is 0 Å². The Bertz CT molecular complexity index is 656. The smallest absolute Gasteiger partial charge is 0.168 e. The van der Waals surface area contributed by atoms with E-state index in [-0.39, 0.29) is 16.7 Å². The molecule has 0 aliphatic carbocycles. The number of hydrogen-bond donors (Lipinski definition) is 0. The van der Waals surface area contributed by atoms with Gasteiger partial charge in [0.25, 0.3) is 0 Å². The van der Waals surface area contributed by atoms with E-state index < -0.39 is 5.82 Å². The average molecular weight is 402 g/mol. The molecule has 5 heteroatoms. The van der Waals surface area contributed by atoms with E-state index in [1.165, 1.54) is 12.1 Å². The van der Waals surface area contributed by atoms with Crippen LogP contribution in [0.4, 0.5) is 4.39 Å². The maximum atomic E-state index is 13.5. The second-order valence-electron chi connectivity index (χ2n) is 4.16. The van der Waals surface area contributed by atoms with Crippen molar-refractivity contribution >= 4 is 37.6 Å². The van der Waals surface area contributed by atoms with E-state index in [4.69, 9.17) is 4.74 Å². The van der Waals surface area contributed by atoms with Crippen molar-refractivity contribution in [2.45, 2.75) is 6.42 Å². The summed E-state index contributed by atoms with van der Waals surface area (Å²) >= 11 is 6.47. The third kappa shape index (κ3) is 3.27. The Balaban J connectivity index is 2.32. The molecule has 0 saturated heterocycles. The number of carbonyl (C=O) groups excluding carboxylic acids is 1. The van der Waals surface area contributed by atoms with E-state index in [1.807, 2.05) is 12.1 Å². The summed E-state index contributed by atoms with van der Waals surface area (Å²) in [7, 11) is 1.55. The standard InChI is InChI=1S/C15H11Br2FO2/c1-20-14-6-5-10(16)7-9(14)8-13(19)11-3-2-4-12(18)15(11)17/h2-7H,8H2,1H3. The van der Waals surface area contributed by atoms with Crippen LogP contribution in [0.1, 0.15) is 15.9 Å². The molecule has 0 N–H and O–H groups in total. The molecule has 0 heterocycles. The summed E-state index contributed by atoms with van der Waals surface area (Å²) in [6, 6.07) is 9.87. The van der Waals surface area contributed by atoms with Crippen molar-refractivity contribution in [3.05, 3.63) is 62.3 Å². The molecule has 0 spiro atoms. The Morgan fingerprint density at radius 1 is 1.25 bits per heavy atom. The van der Waals surface area contributed by atoms with Gasteiger partial charge in [-0.2, -0.15) is 0 Å². The van der Waals surface area contributed by atoms with Crippen LogP contribution in [0.15, 0.2) is 45.3 Å². The monoisotopic (exact) mass is 400 g/mol.